The Morgan fingerprint density at radius 2 is 2.10 bits per heavy atom. The highest BCUT2D eigenvalue weighted by Crippen LogP contribution is 2.26. The van der Waals surface area contributed by atoms with Gasteiger partial charge < -0.3 is 15.1 Å². The molecule has 20 heavy (non-hydrogen) atoms. The van der Waals surface area contributed by atoms with Gasteiger partial charge in [0, 0.05) is 38.4 Å². The fourth-order valence-corrected chi connectivity index (χ4v) is 3.54. The van der Waals surface area contributed by atoms with Crippen LogP contribution in [0.5, 0.6) is 0 Å². The van der Waals surface area contributed by atoms with Gasteiger partial charge in [-0.15, -0.1) is 0 Å². The maximum absolute atomic E-state index is 3.73. The summed E-state index contributed by atoms with van der Waals surface area (Å²) in [6.45, 7) is 4.64. The molecule has 1 fully saturated rings. The number of aryl methyl sites for hydroxylation is 1. The summed E-state index contributed by atoms with van der Waals surface area (Å²) in [6, 6.07) is 7.66. The average Bonchev–Trinajstić information content (AvgIpc) is 2.45. The van der Waals surface area contributed by atoms with Crippen LogP contribution in [0.25, 0.3) is 0 Å². The van der Waals surface area contributed by atoms with E-state index in [4.69, 9.17) is 0 Å². The summed E-state index contributed by atoms with van der Waals surface area (Å²) < 4.78 is 0. The molecule has 1 N–H and O–H groups in total. The standard InChI is InChI=1S/C17H27N3/c1-19-9-4-6-16(13-19)18-12-14-7-8-17-15(11-14)5-3-10-20(17)2/h7-8,11,16,18H,3-6,9-10,12-13H2,1-2H3. The number of nitrogens with zero attached hydrogens (tertiary/aromatic N) is 2. The first-order chi connectivity index (χ1) is 9.72. The Balaban J connectivity index is 1.60. The van der Waals surface area contributed by atoms with Gasteiger partial charge in [-0.1, -0.05) is 12.1 Å². The number of likely N-dealkylation sites (N-methyl/N-ethyl adjacent to an activating group) is 1. The van der Waals surface area contributed by atoms with Crippen molar-refractivity contribution >= 4 is 5.69 Å². The summed E-state index contributed by atoms with van der Waals surface area (Å²) in [7, 11) is 4.43. The molecule has 0 amide bonds. The molecule has 1 saturated heterocycles. The van der Waals surface area contributed by atoms with Crippen molar-refractivity contribution in [2.45, 2.75) is 38.3 Å². The third kappa shape index (κ3) is 3.15. The molecule has 1 unspecified atom stereocenters. The zero-order valence-electron chi connectivity index (χ0n) is 12.9. The molecule has 0 saturated carbocycles. The van der Waals surface area contributed by atoms with Crippen LogP contribution in [0.2, 0.25) is 0 Å². The van der Waals surface area contributed by atoms with Crippen molar-refractivity contribution in [2.75, 3.05) is 38.6 Å². The van der Waals surface area contributed by atoms with Gasteiger partial charge in [0.25, 0.3) is 0 Å². The van der Waals surface area contributed by atoms with E-state index < -0.39 is 0 Å². The highest BCUT2D eigenvalue weighted by Gasteiger charge is 2.17. The zero-order chi connectivity index (χ0) is 13.9. The summed E-state index contributed by atoms with van der Waals surface area (Å²) in [6.07, 6.45) is 5.16. The van der Waals surface area contributed by atoms with Crippen molar-refractivity contribution in [1.29, 1.82) is 0 Å². The third-order valence-corrected chi connectivity index (χ3v) is 4.71. The van der Waals surface area contributed by atoms with Crippen molar-refractivity contribution < 1.29 is 0 Å². The van der Waals surface area contributed by atoms with E-state index in [0.717, 1.165) is 6.54 Å². The second-order valence-corrected chi connectivity index (χ2v) is 6.47. The van der Waals surface area contributed by atoms with Crippen LogP contribution >= 0.6 is 0 Å². The summed E-state index contributed by atoms with van der Waals surface area (Å²) in [4.78, 5) is 4.81. The summed E-state index contributed by atoms with van der Waals surface area (Å²) in [5.41, 5.74) is 4.39. The smallest absolute Gasteiger partial charge is 0.0396 e. The number of anilines is 1. The van der Waals surface area contributed by atoms with Crippen LogP contribution in [-0.4, -0.2) is 44.7 Å². The maximum Gasteiger partial charge on any atom is 0.0396 e. The quantitative estimate of drug-likeness (QED) is 0.911. The van der Waals surface area contributed by atoms with Crippen LogP contribution < -0.4 is 10.2 Å². The number of hydrogen-bond acceptors (Lipinski definition) is 3. The lowest BCUT2D eigenvalue weighted by Crippen LogP contribution is -2.43. The van der Waals surface area contributed by atoms with E-state index >= 15 is 0 Å². The van der Waals surface area contributed by atoms with E-state index in [1.165, 1.54) is 62.1 Å². The van der Waals surface area contributed by atoms with E-state index in [9.17, 15) is 0 Å². The molecular weight excluding hydrogens is 246 g/mol. The number of nitrogens with one attached hydrogen (secondary N) is 1. The minimum atomic E-state index is 0.660. The minimum absolute atomic E-state index is 0.660. The molecule has 2 aliphatic heterocycles. The minimum Gasteiger partial charge on any atom is -0.374 e. The summed E-state index contributed by atoms with van der Waals surface area (Å²) >= 11 is 0. The molecule has 1 aromatic rings. The molecule has 3 nitrogen and oxygen atoms in total. The molecule has 3 heteroatoms. The number of rotatable bonds is 3. The third-order valence-electron chi connectivity index (χ3n) is 4.71. The Morgan fingerprint density at radius 1 is 1.20 bits per heavy atom. The highest BCUT2D eigenvalue weighted by atomic mass is 15.1. The SMILES string of the molecule is CN1CCCC(NCc2ccc3c(c2)CCCN3C)C1. The molecule has 3 rings (SSSR count). The topological polar surface area (TPSA) is 18.5 Å². The fourth-order valence-electron chi connectivity index (χ4n) is 3.54. The molecule has 0 aliphatic carbocycles. The van der Waals surface area contributed by atoms with E-state index in [0.29, 0.717) is 6.04 Å². The first-order valence-corrected chi connectivity index (χ1v) is 7.97. The predicted octanol–water partition coefficient (Wildman–Crippen LogP) is 2.25. The normalized spacial score (nSPS) is 23.7. The van der Waals surface area contributed by atoms with E-state index in [2.05, 4.69) is 47.4 Å². The fraction of sp³-hybridized carbons (Fsp3) is 0.647. The number of hydrogen-bond donors (Lipinski definition) is 1. The summed E-state index contributed by atoms with van der Waals surface area (Å²) in [5, 5.41) is 3.73. The Morgan fingerprint density at radius 3 is 2.95 bits per heavy atom. The van der Waals surface area contributed by atoms with Crippen molar-refractivity contribution in [3.8, 4) is 0 Å². The molecule has 0 radical (unpaired) electrons. The van der Waals surface area contributed by atoms with Crippen LogP contribution in [0.15, 0.2) is 18.2 Å². The number of piperidine rings is 1. The molecule has 0 aromatic heterocycles. The molecule has 1 atom stereocenters. The first-order valence-electron chi connectivity index (χ1n) is 7.97. The van der Waals surface area contributed by atoms with Gasteiger partial charge in [0.05, 0.1) is 0 Å². The van der Waals surface area contributed by atoms with Gasteiger partial charge in [0.1, 0.15) is 0 Å². The maximum atomic E-state index is 3.73. The van der Waals surface area contributed by atoms with Gasteiger partial charge in [-0.2, -0.15) is 0 Å². The molecule has 2 aliphatic rings. The average molecular weight is 273 g/mol. The van der Waals surface area contributed by atoms with Crippen LogP contribution in [0.3, 0.4) is 0 Å². The second-order valence-electron chi connectivity index (χ2n) is 6.47. The Kier molecular flexibility index (Phi) is 4.27. The molecule has 2 heterocycles. The van der Waals surface area contributed by atoms with Crippen LogP contribution in [0, 0.1) is 0 Å². The first kappa shape index (κ1) is 13.9. The van der Waals surface area contributed by atoms with E-state index in [1.807, 2.05) is 0 Å². The van der Waals surface area contributed by atoms with E-state index in [1.54, 1.807) is 0 Å². The highest BCUT2D eigenvalue weighted by molar-refractivity contribution is 5.56. The van der Waals surface area contributed by atoms with Crippen LogP contribution in [-0.2, 0) is 13.0 Å². The van der Waals surface area contributed by atoms with E-state index in [-0.39, 0.29) is 0 Å². The van der Waals surface area contributed by atoms with Gasteiger partial charge >= 0.3 is 0 Å². The number of likely N-dealkylation sites (tertiary alicyclic amines) is 1. The second kappa shape index (κ2) is 6.15. The van der Waals surface area contributed by atoms with Gasteiger partial charge in [-0.3, -0.25) is 0 Å². The lowest BCUT2D eigenvalue weighted by Gasteiger charge is -2.31. The van der Waals surface area contributed by atoms with Crippen molar-refractivity contribution in [3.05, 3.63) is 29.3 Å². The van der Waals surface area contributed by atoms with Gasteiger partial charge in [0.15, 0.2) is 0 Å². The van der Waals surface area contributed by atoms with Gasteiger partial charge in [-0.05, 0) is 56.5 Å². The van der Waals surface area contributed by atoms with Gasteiger partial charge in [0.2, 0.25) is 0 Å². The molecular formula is C17H27N3. The molecule has 0 bridgehead atoms. The number of benzene rings is 1. The lowest BCUT2D eigenvalue weighted by atomic mass is 9.99. The van der Waals surface area contributed by atoms with Crippen LogP contribution in [0.1, 0.15) is 30.4 Å². The largest absolute Gasteiger partial charge is 0.374 e. The zero-order valence-corrected chi connectivity index (χ0v) is 12.9. The van der Waals surface area contributed by atoms with Crippen LogP contribution in [0.4, 0.5) is 5.69 Å². The lowest BCUT2D eigenvalue weighted by molar-refractivity contribution is 0.226. The predicted molar refractivity (Wildman–Crippen MR) is 85.4 cm³/mol. The number of fused-ring (bicyclic) bond motifs is 1. The molecule has 1 aromatic carbocycles. The monoisotopic (exact) mass is 273 g/mol. The molecule has 110 valence electrons. The molecule has 0 spiro atoms. The van der Waals surface area contributed by atoms with Crippen molar-refractivity contribution in [1.82, 2.24) is 10.2 Å². The van der Waals surface area contributed by atoms with Crippen molar-refractivity contribution in [3.63, 3.8) is 0 Å². The Bertz CT molecular complexity index is 458. The van der Waals surface area contributed by atoms with Gasteiger partial charge in [-0.25, -0.2) is 0 Å². The Hall–Kier alpha value is -1.06. The van der Waals surface area contributed by atoms with Crippen molar-refractivity contribution in [2.24, 2.45) is 0 Å². The summed E-state index contributed by atoms with van der Waals surface area (Å²) in [5.74, 6) is 0. The Labute approximate surface area is 123 Å².